The molecule has 0 fully saturated rings. The van der Waals surface area contributed by atoms with E-state index >= 15 is 0 Å². The van der Waals surface area contributed by atoms with Crippen molar-refractivity contribution in [2.45, 2.75) is 39.7 Å². The molecule has 1 aromatic heterocycles. The van der Waals surface area contributed by atoms with Crippen LogP contribution in [0, 0.1) is 19.7 Å². The summed E-state index contributed by atoms with van der Waals surface area (Å²) in [5.41, 5.74) is 7.68. The standard InChI is InChI=1S/C16H21FN4/c1-4-15-14(8-11(3)20-21-15)16(19-18)9-12-5-6-13(17)7-10(12)2/h5-8,16,19H,4,9,18H2,1-3H3. The molecule has 0 saturated heterocycles. The molecule has 1 atom stereocenters. The van der Waals surface area contributed by atoms with Gasteiger partial charge in [0.05, 0.1) is 17.4 Å². The molecule has 0 radical (unpaired) electrons. The average Bonchev–Trinajstić information content (AvgIpc) is 2.46. The van der Waals surface area contributed by atoms with E-state index in [0.717, 1.165) is 34.5 Å². The molecule has 4 nitrogen and oxygen atoms in total. The van der Waals surface area contributed by atoms with E-state index in [9.17, 15) is 4.39 Å². The molecule has 2 rings (SSSR count). The third-order valence-corrected chi connectivity index (χ3v) is 3.67. The monoisotopic (exact) mass is 288 g/mol. The third kappa shape index (κ3) is 3.62. The fraction of sp³-hybridized carbons (Fsp3) is 0.375. The van der Waals surface area contributed by atoms with Gasteiger partial charge in [-0.15, -0.1) is 0 Å². The number of halogens is 1. The Hall–Kier alpha value is -1.85. The predicted octanol–water partition coefficient (Wildman–Crippen LogP) is 2.54. The van der Waals surface area contributed by atoms with Gasteiger partial charge in [0, 0.05) is 0 Å². The summed E-state index contributed by atoms with van der Waals surface area (Å²) >= 11 is 0. The first kappa shape index (κ1) is 15.5. The van der Waals surface area contributed by atoms with Crippen LogP contribution in [0.4, 0.5) is 4.39 Å². The van der Waals surface area contributed by atoms with E-state index in [-0.39, 0.29) is 11.9 Å². The van der Waals surface area contributed by atoms with Crippen molar-refractivity contribution in [2.24, 2.45) is 5.84 Å². The summed E-state index contributed by atoms with van der Waals surface area (Å²) in [4.78, 5) is 0. The molecule has 1 heterocycles. The number of benzene rings is 1. The van der Waals surface area contributed by atoms with Crippen LogP contribution in [0.25, 0.3) is 0 Å². The Morgan fingerprint density at radius 3 is 2.62 bits per heavy atom. The van der Waals surface area contributed by atoms with Crippen molar-refractivity contribution < 1.29 is 4.39 Å². The lowest BCUT2D eigenvalue weighted by Crippen LogP contribution is -2.31. The minimum atomic E-state index is -0.218. The smallest absolute Gasteiger partial charge is 0.123 e. The van der Waals surface area contributed by atoms with Crippen LogP contribution < -0.4 is 11.3 Å². The maximum atomic E-state index is 13.2. The number of hydrogen-bond donors (Lipinski definition) is 2. The SMILES string of the molecule is CCc1nnc(C)cc1C(Cc1ccc(F)cc1C)NN. The molecule has 5 heteroatoms. The van der Waals surface area contributed by atoms with E-state index in [1.165, 1.54) is 6.07 Å². The summed E-state index contributed by atoms with van der Waals surface area (Å²) in [7, 11) is 0. The molecule has 112 valence electrons. The lowest BCUT2D eigenvalue weighted by molar-refractivity contribution is 0.539. The van der Waals surface area contributed by atoms with Crippen molar-refractivity contribution in [1.82, 2.24) is 15.6 Å². The first-order chi connectivity index (χ1) is 10.0. The van der Waals surface area contributed by atoms with Crippen LogP contribution in [0.5, 0.6) is 0 Å². The molecule has 0 spiro atoms. The highest BCUT2D eigenvalue weighted by atomic mass is 19.1. The van der Waals surface area contributed by atoms with Gasteiger partial charge in [0.25, 0.3) is 0 Å². The van der Waals surface area contributed by atoms with Crippen LogP contribution in [-0.2, 0) is 12.8 Å². The van der Waals surface area contributed by atoms with Crippen molar-refractivity contribution in [3.8, 4) is 0 Å². The van der Waals surface area contributed by atoms with Crippen LogP contribution in [0.2, 0.25) is 0 Å². The molecule has 0 aliphatic carbocycles. The Kier molecular flexibility index (Phi) is 4.98. The number of hydrogen-bond acceptors (Lipinski definition) is 4. The van der Waals surface area contributed by atoms with Crippen molar-refractivity contribution in [1.29, 1.82) is 0 Å². The van der Waals surface area contributed by atoms with E-state index in [0.29, 0.717) is 6.42 Å². The van der Waals surface area contributed by atoms with Crippen molar-refractivity contribution in [3.05, 3.63) is 58.2 Å². The van der Waals surface area contributed by atoms with Gasteiger partial charge >= 0.3 is 0 Å². The maximum Gasteiger partial charge on any atom is 0.123 e. The van der Waals surface area contributed by atoms with Crippen LogP contribution in [0.15, 0.2) is 24.3 Å². The number of nitrogens with two attached hydrogens (primary N) is 1. The van der Waals surface area contributed by atoms with Crippen molar-refractivity contribution >= 4 is 0 Å². The minimum Gasteiger partial charge on any atom is -0.271 e. The van der Waals surface area contributed by atoms with Gasteiger partial charge < -0.3 is 0 Å². The van der Waals surface area contributed by atoms with Crippen LogP contribution >= 0.6 is 0 Å². The largest absolute Gasteiger partial charge is 0.271 e. The molecule has 1 aromatic carbocycles. The number of nitrogens with one attached hydrogen (secondary N) is 1. The summed E-state index contributed by atoms with van der Waals surface area (Å²) in [5, 5.41) is 8.33. The van der Waals surface area contributed by atoms with Crippen LogP contribution in [-0.4, -0.2) is 10.2 Å². The Morgan fingerprint density at radius 1 is 1.24 bits per heavy atom. The van der Waals surface area contributed by atoms with Gasteiger partial charge in [-0.3, -0.25) is 11.3 Å². The summed E-state index contributed by atoms with van der Waals surface area (Å²) in [5.74, 6) is 5.52. The second-order valence-electron chi connectivity index (χ2n) is 5.24. The fourth-order valence-corrected chi connectivity index (χ4v) is 2.48. The highest BCUT2D eigenvalue weighted by Crippen LogP contribution is 2.23. The highest BCUT2D eigenvalue weighted by molar-refractivity contribution is 5.31. The summed E-state index contributed by atoms with van der Waals surface area (Å²) in [6.45, 7) is 5.86. The molecule has 0 saturated carbocycles. The first-order valence-corrected chi connectivity index (χ1v) is 7.09. The van der Waals surface area contributed by atoms with E-state index in [1.807, 2.05) is 32.9 Å². The zero-order valence-corrected chi connectivity index (χ0v) is 12.7. The molecule has 2 aromatic rings. The Morgan fingerprint density at radius 2 is 2.00 bits per heavy atom. The molecule has 21 heavy (non-hydrogen) atoms. The maximum absolute atomic E-state index is 13.2. The summed E-state index contributed by atoms with van der Waals surface area (Å²) < 4.78 is 13.2. The van der Waals surface area contributed by atoms with Gasteiger partial charge in [-0.25, -0.2) is 4.39 Å². The number of hydrazine groups is 1. The number of aryl methyl sites for hydroxylation is 3. The molecular formula is C16H21FN4. The molecule has 1 unspecified atom stereocenters. The van der Waals surface area contributed by atoms with Gasteiger partial charge in [0.15, 0.2) is 0 Å². The molecule has 0 bridgehead atoms. The predicted molar refractivity (Wildman–Crippen MR) is 81.1 cm³/mol. The highest BCUT2D eigenvalue weighted by Gasteiger charge is 2.17. The average molecular weight is 288 g/mol. The van der Waals surface area contributed by atoms with Crippen molar-refractivity contribution in [2.75, 3.05) is 0 Å². The van der Waals surface area contributed by atoms with Gasteiger partial charge in [-0.05, 0) is 61.6 Å². The van der Waals surface area contributed by atoms with Crippen molar-refractivity contribution in [3.63, 3.8) is 0 Å². The van der Waals surface area contributed by atoms with E-state index < -0.39 is 0 Å². The van der Waals surface area contributed by atoms with Gasteiger partial charge in [0.1, 0.15) is 5.82 Å². The lowest BCUT2D eigenvalue weighted by Gasteiger charge is -2.20. The number of nitrogens with zero attached hydrogens (tertiary/aromatic N) is 2. The second kappa shape index (κ2) is 6.74. The lowest BCUT2D eigenvalue weighted by atomic mass is 9.95. The van der Waals surface area contributed by atoms with E-state index in [1.54, 1.807) is 6.07 Å². The first-order valence-electron chi connectivity index (χ1n) is 7.09. The summed E-state index contributed by atoms with van der Waals surface area (Å²) in [6, 6.07) is 6.77. The quantitative estimate of drug-likeness (QED) is 0.655. The van der Waals surface area contributed by atoms with Gasteiger partial charge in [-0.1, -0.05) is 13.0 Å². The van der Waals surface area contributed by atoms with Gasteiger partial charge in [-0.2, -0.15) is 10.2 Å². The zero-order valence-electron chi connectivity index (χ0n) is 12.7. The number of rotatable bonds is 5. The second-order valence-corrected chi connectivity index (χ2v) is 5.24. The minimum absolute atomic E-state index is 0.0710. The molecule has 0 aliphatic rings. The third-order valence-electron chi connectivity index (χ3n) is 3.67. The fourth-order valence-electron chi connectivity index (χ4n) is 2.48. The van der Waals surface area contributed by atoms with Crippen LogP contribution in [0.3, 0.4) is 0 Å². The molecule has 0 amide bonds. The van der Waals surface area contributed by atoms with Crippen LogP contribution in [0.1, 0.15) is 41.0 Å². The zero-order chi connectivity index (χ0) is 15.4. The molecule has 0 aliphatic heterocycles. The molecular weight excluding hydrogens is 267 g/mol. The normalized spacial score (nSPS) is 12.4. The van der Waals surface area contributed by atoms with E-state index in [2.05, 4.69) is 15.6 Å². The van der Waals surface area contributed by atoms with Gasteiger partial charge in [0.2, 0.25) is 0 Å². The molecule has 3 N–H and O–H groups in total. The Balaban J connectivity index is 2.34. The summed E-state index contributed by atoms with van der Waals surface area (Å²) in [6.07, 6.45) is 1.48. The van der Waals surface area contributed by atoms with E-state index in [4.69, 9.17) is 5.84 Å². The Bertz CT molecular complexity index is 628. The topological polar surface area (TPSA) is 63.8 Å². The number of aromatic nitrogens is 2. The Labute approximate surface area is 124 Å².